The van der Waals surface area contributed by atoms with E-state index in [0.29, 0.717) is 0 Å². The molecule has 0 aliphatic rings. The minimum absolute atomic E-state index is 0.806. The molecule has 3 nitrogen and oxygen atoms in total. The van der Waals surface area contributed by atoms with Gasteiger partial charge in [0.1, 0.15) is 0 Å². The van der Waals surface area contributed by atoms with Crippen LogP contribution < -0.4 is 11.7 Å². The molecule has 0 aromatic rings. The van der Waals surface area contributed by atoms with Gasteiger partial charge in [-0.15, -0.1) is 0 Å². The summed E-state index contributed by atoms with van der Waals surface area (Å²) in [4.78, 5) is 0. The molecular weight excluding hydrogens is 114 g/mol. The largest absolute Gasteiger partial charge is 0.255 e. The maximum Gasteiger partial charge on any atom is 0.0283 e. The average molecular weight is 131 g/mol. The Morgan fingerprint density at radius 2 is 1.78 bits per heavy atom. The molecule has 0 radical (unpaired) electrons. The predicted octanol–water partition coefficient (Wildman–Crippen LogP) is 0.616. The van der Waals surface area contributed by atoms with Gasteiger partial charge in [-0.2, -0.15) is 5.12 Å². The molecule has 0 bridgehead atoms. The Morgan fingerprint density at radius 3 is 2.22 bits per heavy atom. The molecule has 0 saturated heterocycles. The van der Waals surface area contributed by atoms with Crippen LogP contribution in [0, 0.1) is 0 Å². The number of hydrazine groups is 2. The SMILES string of the molecule is CCCCCCN(N)N. The van der Waals surface area contributed by atoms with E-state index in [-0.39, 0.29) is 0 Å². The van der Waals surface area contributed by atoms with E-state index in [1.807, 2.05) is 0 Å². The monoisotopic (exact) mass is 131 g/mol. The molecule has 0 amide bonds. The van der Waals surface area contributed by atoms with Crippen molar-refractivity contribution in [3.05, 3.63) is 0 Å². The van der Waals surface area contributed by atoms with Gasteiger partial charge in [0.2, 0.25) is 0 Å². The molecule has 0 atom stereocenters. The van der Waals surface area contributed by atoms with E-state index in [9.17, 15) is 0 Å². The highest BCUT2D eigenvalue weighted by molar-refractivity contribution is 4.41. The van der Waals surface area contributed by atoms with E-state index >= 15 is 0 Å². The Bertz CT molecular complexity index is 54.3. The van der Waals surface area contributed by atoms with E-state index in [1.165, 1.54) is 24.4 Å². The lowest BCUT2D eigenvalue weighted by Gasteiger charge is -2.06. The Balaban J connectivity index is 2.75. The van der Waals surface area contributed by atoms with Crippen LogP contribution >= 0.6 is 0 Å². The van der Waals surface area contributed by atoms with Gasteiger partial charge in [-0.25, -0.2) is 0 Å². The van der Waals surface area contributed by atoms with E-state index < -0.39 is 0 Å². The van der Waals surface area contributed by atoms with Crippen molar-refractivity contribution in [1.82, 2.24) is 5.12 Å². The topological polar surface area (TPSA) is 55.3 Å². The quantitative estimate of drug-likeness (QED) is 0.326. The van der Waals surface area contributed by atoms with E-state index in [4.69, 9.17) is 11.7 Å². The van der Waals surface area contributed by atoms with Crippen LogP contribution in [-0.2, 0) is 0 Å². The molecule has 4 N–H and O–H groups in total. The summed E-state index contributed by atoms with van der Waals surface area (Å²) >= 11 is 0. The van der Waals surface area contributed by atoms with Crippen molar-refractivity contribution in [2.45, 2.75) is 32.6 Å². The van der Waals surface area contributed by atoms with Gasteiger partial charge in [0, 0.05) is 6.54 Å². The first-order valence-corrected chi connectivity index (χ1v) is 3.54. The van der Waals surface area contributed by atoms with Crippen LogP contribution in [-0.4, -0.2) is 11.7 Å². The first-order valence-electron chi connectivity index (χ1n) is 3.54. The molecule has 0 aliphatic carbocycles. The summed E-state index contributed by atoms with van der Waals surface area (Å²) < 4.78 is 0. The molecule has 9 heavy (non-hydrogen) atoms. The van der Waals surface area contributed by atoms with Gasteiger partial charge in [-0.3, -0.25) is 11.7 Å². The van der Waals surface area contributed by atoms with Crippen LogP contribution in [0.15, 0.2) is 0 Å². The lowest BCUT2D eigenvalue weighted by Crippen LogP contribution is -2.38. The van der Waals surface area contributed by atoms with Gasteiger partial charge < -0.3 is 0 Å². The number of hydrogen-bond acceptors (Lipinski definition) is 3. The zero-order chi connectivity index (χ0) is 7.11. The standard InChI is InChI=1S/C6H17N3/c1-2-3-4-5-6-9(7)8/h2-8H2,1H3. The number of nitrogens with two attached hydrogens (primary N) is 2. The second-order valence-electron chi connectivity index (χ2n) is 2.30. The van der Waals surface area contributed by atoms with Crippen LogP contribution in [0.3, 0.4) is 0 Å². The number of nitrogens with zero attached hydrogens (tertiary/aromatic N) is 1. The molecule has 0 aliphatic heterocycles. The van der Waals surface area contributed by atoms with Gasteiger partial charge in [-0.05, 0) is 6.42 Å². The summed E-state index contributed by atoms with van der Waals surface area (Å²) in [6.07, 6.45) is 4.89. The second kappa shape index (κ2) is 6.01. The summed E-state index contributed by atoms with van der Waals surface area (Å²) in [5.41, 5.74) is 0. The molecule has 0 spiro atoms. The van der Waals surface area contributed by atoms with Crippen molar-refractivity contribution in [2.24, 2.45) is 11.7 Å². The van der Waals surface area contributed by atoms with E-state index in [0.717, 1.165) is 13.0 Å². The van der Waals surface area contributed by atoms with Crippen molar-refractivity contribution >= 4 is 0 Å². The zero-order valence-electron chi connectivity index (χ0n) is 6.14. The number of unbranched alkanes of at least 4 members (excludes halogenated alkanes) is 3. The van der Waals surface area contributed by atoms with Gasteiger partial charge >= 0.3 is 0 Å². The summed E-state index contributed by atoms with van der Waals surface area (Å²) in [5, 5.41) is 1.25. The molecule has 3 heteroatoms. The van der Waals surface area contributed by atoms with Crippen LogP contribution in [0.25, 0.3) is 0 Å². The second-order valence-corrected chi connectivity index (χ2v) is 2.30. The molecule has 0 aromatic carbocycles. The Morgan fingerprint density at radius 1 is 1.11 bits per heavy atom. The van der Waals surface area contributed by atoms with Crippen LogP contribution in [0.4, 0.5) is 0 Å². The van der Waals surface area contributed by atoms with Gasteiger partial charge in [0.15, 0.2) is 0 Å². The lowest BCUT2D eigenvalue weighted by atomic mass is 10.2. The molecule has 56 valence electrons. The fraction of sp³-hybridized carbons (Fsp3) is 1.00. The molecular formula is C6H17N3. The Labute approximate surface area is 56.9 Å². The minimum atomic E-state index is 0.806. The third kappa shape index (κ3) is 7.88. The maximum atomic E-state index is 5.19. The predicted molar refractivity (Wildman–Crippen MR) is 39.2 cm³/mol. The summed E-state index contributed by atoms with van der Waals surface area (Å²) in [6, 6.07) is 0. The smallest absolute Gasteiger partial charge is 0.0283 e. The van der Waals surface area contributed by atoms with Crippen molar-refractivity contribution in [2.75, 3.05) is 6.54 Å². The highest BCUT2D eigenvalue weighted by Crippen LogP contribution is 1.97. The highest BCUT2D eigenvalue weighted by Gasteiger charge is 1.89. The summed E-state index contributed by atoms with van der Waals surface area (Å²) in [7, 11) is 0. The van der Waals surface area contributed by atoms with Crippen molar-refractivity contribution < 1.29 is 0 Å². The van der Waals surface area contributed by atoms with Gasteiger partial charge in [-0.1, -0.05) is 26.2 Å². The fourth-order valence-corrected chi connectivity index (χ4v) is 0.721. The van der Waals surface area contributed by atoms with Gasteiger partial charge in [0.05, 0.1) is 0 Å². The van der Waals surface area contributed by atoms with Crippen molar-refractivity contribution in [3.8, 4) is 0 Å². The molecule has 0 saturated carbocycles. The molecule has 0 rings (SSSR count). The highest BCUT2D eigenvalue weighted by atomic mass is 15.6. The molecule has 0 fully saturated rings. The van der Waals surface area contributed by atoms with Crippen molar-refractivity contribution in [3.63, 3.8) is 0 Å². The fourth-order valence-electron chi connectivity index (χ4n) is 0.721. The first-order chi connectivity index (χ1) is 4.27. The van der Waals surface area contributed by atoms with Gasteiger partial charge in [0.25, 0.3) is 0 Å². The number of hydrogen-bond donors (Lipinski definition) is 2. The molecule has 0 heterocycles. The first kappa shape index (κ1) is 8.88. The molecule has 0 unspecified atom stereocenters. The third-order valence-electron chi connectivity index (χ3n) is 1.27. The van der Waals surface area contributed by atoms with Crippen LogP contribution in [0.5, 0.6) is 0 Å². The van der Waals surface area contributed by atoms with E-state index in [1.54, 1.807) is 0 Å². The normalized spacial score (nSPS) is 10.7. The number of rotatable bonds is 5. The summed E-state index contributed by atoms with van der Waals surface area (Å²) in [5.74, 6) is 10.4. The van der Waals surface area contributed by atoms with E-state index in [2.05, 4.69) is 6.92 Å². The zero-order valence-corrected chi connectivity index (χ0v) is 6.14. The maximum absolute atomic E-state index is 5.19. The minimum Gasteiger partial charge on any atom is -0.255 e. The Hall–Kier alpha value is -0.120. The molecule has 0 aromatic heterocycles. The lowest BCUT2D eigenvalue weighted by molar-refractivity contribution is 0.286. The van der Waals surface area contributed by atoms with Crippen molar-refractivity contribution in [1.29, 1.82) is 0 Å². The van der Waals surface area contributed by atoms with Crippen LogP contribution in [0.1, 0.15) is 32.6 Å². The third-order valence-corrected chi connectivity index (χ3v) is 1.27. The summed E-state index contributed by atoms with van der Waals surface area (Å²) in [6.45, 7) is 2.99. The average Bonchev–Trinajstić information content (AvgIpc) is 1.80. The Kier molecular flexibility index (Phi) is 5.93. The van der Waals surface area contributed by atoms with Crippen LogP contribution in [0.2, 0.25) is 0 Å².